The number of benzene rings is 2. The minimum absolute atomic E-state index is 0.0246. The van der Waals surface area contributed by atoms with Crippen LogP contribution >= 0.6 is 23.2 Å². The number of furan rings is 1. The number of carbonyl (C=O) groups is 2. The van der Waals surface area contributed by atoms with E-state index in [0.717, 1.165) is 0 Å². The molecule has 0 fully saturated rings. The van der Waals surface area contributed by atoms with Gasteiger partial charge in [-0.15, -0.1) is 0 Å². The summed E-state index contributed by atoms with van der Waals surface area (Å²) in [5.74, 6) is -0.563. The van der Waals surface area contributed by atoms with Gasteiger partial charge in [0.1, 0.15) is 12.4 Å². The molecule has 160 valence electrons. The molecule has 2 aromatic carbocycles. The molecule has 0 aliphatic carbocycles. The standard InChI is InChI=1S/C21H16Cl2N2O6/c1-29-19-8-12(10-24-25-20(26)13-3-5-15(22)16(23)9-13)2-6-17(19)30-11-14-4-7-18(31-14)21(27)28/h2-10H,11H2,1H3,(H,25,26)(H,27,28). The van der Waals surface area contributed by atoms with Crippen molar-refractivity contribution in [2.24, 2.45) is 5.10 Å². The van der Waals surface area contributed by atoms with E-state index in [-0.39, 0.29) is 17.4 Å². The highest BCUT2D eigenvalue weighted by atomic mass is 35.5. The maximum absolute atomic E-state index is 12.1. The summed E-state index contributed by atoms with van der Waals surface area (Å²) in [5.41, 5.74) is 3.36. The summed E-state index contributed by atoms with van der Waals surface area (Å²) in [5, 5.41) is 13.4. The van der Waals surface area contributed by atoms with Crippen LogP contribution in [0.4, 0.5) is 0 Å². The first-order valence-electron chi connectivity index (χ1n) is 8.78. The number of hydrogen-bond donors (Lipinski definition) is 2. The summed E-state index contributed by atoms with van der Waals surface area (Å²) in [4.78, 5) is 23.0. The highest BCUT2D eigenvalue weighted by Gasteiger charge is 2.11. The second-order valence-electron chi connectivity index (χ2n) is 6.10. The summed E-state index contributed by atoms with van der Waals surface area (Å²) in [6.07, 6.45) is 1.44. The molecule has 10 heteroatoms. The number of aromatic carboxylic acids is 1. The van der Waals surface area contributed by atoms with Gasteiger partial charge >= 0.3 is 5.97 Å². The lowest BCUT2D eigenvalue weighted by molar-refractivity contribution is 0.0657. The summed E-state index contributed by atoms with van der Waals surface area (Å²) in [6, 6.07) is 12.4. The lowest BCUT2D eigenvalue weighted by atomic mass is 10.2. The van der Waals surface area contributed by atoms with E-state index in [1.807, 2.05) is 0 Å². The zero-order valence-corrected chi connectivity index (χ0v) is 17.6. The number of rotatable bonds is 8. The SMILES string of the molecule is COc1cc(C=NNC(=O)c2ccc(Cl)c(Cl)c2)ccc1OCc1ccc(C(=O)O)o1. The topological polar surface area (TPSA) is 110 Å². The smallest absolute Gasteiger partial charge is 0.371 e. The highest BCUT2D eigenvalue weighted by molar-refractivity contribution is 6.42. The van der Waals surface area contributed by atoms with Crippen molar-refractivity contribution in [3.8, 4) is 11.5 Å². The van der Waals surface area contributed by atoms with E-state index in [0.29, 0.717) is 33.4 Å². The number of hydrogen-bond acceptors (Lipinski definition) is 6. The monoisotopic (exact) mass is 462 g/mol. The van der Waals surface area contributed by atoms with Crippen LogP contribution in [0.3, 0.4) is 0 Å². The van der Waals surface area contributed by atoms with E-state index in [4.69, 9.17) is 42.2 Å². The van der Waals surface area contributed by atoms with Crippen LogP contribution in [0.2, 0.25) is 10.0 Å². The first-order chi connectivity index (χ1) is 14.9. The van der Waals surface area contributed by atoms with Crippen molar-refractivity contribution in [1.29, 1.82) is 0 Å². The van der Waals surface area contributed by atoms with Crippen molar-refractivity contribution in [3.05, 3.63) is 81.2 Å². The summed E-state index contributed by atoms with van der Waals surface area (Å²) >= 11 is 11.7. The second kappa shape index (κ2) is 10.0. The van der Waals surface area contributed by atoms with Crippen LogP contribution in [0.1, 0.15) is 32.2 Å². The van der Waals surface area contributed by atoms with Gasteiger partial charge in [-0.05, 0) is 54.1 Å². The van der Waals surface area contributed by atoms with Gasteiger partial charge in [-0.25, -0.2) is 10.2 Å². The van der Waals surface area contributed by atoms with Crippen molar-refractivity contribution >= 4 is 41.3 Å². The Morgan fingerprint density at radius 2 is 1.90 bits per heavy atom. The fourth-order valence-corrected chi connectivity index (χ4v) is 2.77. The highest BCUT2D eigenvalue weighted by Crippen LogP contribution is 2.28. The molecule has 8 nitrogen and oxygen atoms in total. The number of hydrazone groups is 1. The number of halogens is 2. The zero-order valence-electron chi connectivity index (χ0n) is 16.1. The number of nitrogens with one attached hydrogen (secondary N) is 1. The number of carbonyl (C=O) groups excluding carboxylic acids is 1. The molecule has 0 saturated carbocycles. The van der Waals surface area contributed by atoms with E-state index < -0.39 is 11.9 Å². The molecule has 1 heterocycles. The molecule has 3 rings (SSSR count). The Hall–Kier alpha value is -3.49. The van der Waals surface area contributed by atoms with Crippen LogP contribution in [0.25, 0.3) is 0 Å². The second-order valence-corrected chi connectivity index (χ2v) is 6.91. The van der Waals surface area contributed by atoms with Crippen LogP contribution in [0, 0.1) is 0 Å². The van der Waals surface area contributed by atoms with E-state index in [9.17, 15) is 9.59 Å². The number of carboxylic acids is 1. The molecular formula is C21H16Cl2N2O6. The van der Waals surface area contributed by atoms with Crippen LogP contribution in [-0.2, 0) is 6.61 Å². The van der Waals surface area contributed by atoms with Gasteiger partial charge in [-0.3, -0.25) is 4.79 Å². The normalized spacial score (nSPS) is 10.8. The van der Waals surface area contributed by atoms with Crippen molar-refractivity contribution in [2.45, 2.75) is 6.61 Å². The largest absolute Gasteiger partial charge is 0.493 e. The molecule has 1 amide bonds. The Bertz CT molecular complexity index is 1140. The lowest BCUT2D eigenvalue weighted by Gasteiger charge is -2.10. The number of methoxy groups -OCH3 is 1. The van der Waals surface area contributed by atoms with Gasteiger partial charge in [0.2, 0.25) is 5.76 Å². The number of amides is 1. The molecule has 0 aliphatic rings. The Morgan fingerprint density at radius 1 is 1.10 bits per heavy atom. The van der Waals surface area contributed by atoms with Crippen LogP contribution in [-0.4, -0.2) is 30.3 Å². The summed E-state index contributed by atoms with van der Waals surface area (Å²) in [7, 11) is 1.48. The third-order valence-corrected chi connectivity index (χ3v) is 4.73. The average molecular weight is 463 g/mol. The predicted molar refractivity (Wildman–Crippen MR) is 115 cm³/mol. The molecule has 3 aromatic rings. The van der Waals surface area contributed by atoms with Crippen molar-refractivity contribution in [3.63, 3.8) is 0 Å². The maximum atomic E-state index is 12.1. The molecule has 0 spiro atoms. The van der Waals surface area contributed by atoms with Gasteiger partial charge in [0.25, 0.3) is 5.91 Å². The molecule has 0 unspecified atom stereocenters. The average Bonchev–Trinajstić information content (AvgIpc) is 3.24. The molecule has 0 aliphatic heterocycles. The van der Waals surface area contributed by atoms with Gasteiger partial charge in [-0.1, -0.05) is 23.2 Å². The summed E-state index contributed by atoms with van der Waals surface area (Å²) in [6.45, 7) is 0.0246. The molecule has 0 bridgehead atoms. The molecule has 1 aromatic heterocycles. The molecular weight excluding hydrogens is 447 g/mol. The van der Waals surface area contributed by atoms with Gasteiger partial charge in [-0.2, -0.15) is 5.10 Å². The molecule has 2 N–H and O–H groups in total. The fourth-order valence-electron chi connectivity index (χ4n) is 2.47. The Morgan fingerprint density at radius 3 is 2.58 bits per heavy atom. The molecule has 31 heavy (non-hydrogen) atoms. The number of carboxylic acid groups (broad SMARTS) is 1. The van der Waals surface area contributed by atoms with Gasteiger partial charge in [0.15, 0.2) is 11.5 Å². The van der Waals surface area contributed by atoms with E-state index in [1.54, 1.807) is 18.2 Å². The Balaban J connectivity index is 1.62. The van der Waals surface area contributed by atoms with Crippen molar-refractivity contribution in [2.75, 3.05) is 7.11 Å². The minimum Gasteiger partial charge on any atom is -0.493 e. The van der Waals surface area contributed by atoms with Crippen LogP contribution in [0.15, 0.2) is 58.0 Å². The van der Waals surface area contributed by atoms with Crippen LogP contribution in [0.5, 0.6) is 11.5 Å². The maximum Gasteiger partial charge on any atom is 0.371 e. The third-order valence-electron chi connectivity index (χ3n) is 3.99. The van der Waals surface area contributed by atoms with Crippen molar-refractivity contribution in [1.82, 2.24) is 5.43 Å². The Kier molecular flexibility index (Phi) is 7.17. The molecule has 0 atom stereocenters. The lowest BCUT2D eigenvalue weighted by Crippen LogP contribution is -2.17. The third kappa shape index (κ3) is 5.78. The number of ether oxygens (including phenoxy) is 2. The van der Waals surface area contributed by atoms with Crippen LogP contribution < -0.4 is 14.9 Å². The first kappa shape index (κ1) is 22.2. The zero-order chi connectivity index (χ0) is 22.4. The van der Waals surface area contributed by atoms with E-state index in [1.165, 1.54) is 43.7 Å². The Labute approximate surface area is 187 Å². The number of nitrogens with zero attached hydrogens (tertiary/aromatic N) is 1. The van der Waals surface area contributed by atoms with Gasteiger partial charge < -0.3 is 19.0 Å². The summed E-state index contributed by atoms with van der Waals surface area (Å²) < 4.78 is 16.1. The predicted octanol–water partition coefficient (Wildman–Crippen LogP) is 4.64. The van der Waals surface area contributed by atoms with Gasteiger partial charge in [0, 0.05) is 5.56 Å². The minimum atomic E-state index is -1.15. The quantitative estimate of drug-likeness (QED) is 0.372. The fraction of sp³-hybridized carbons (Fsp3) is 0.0952. The molecule has 0 saturated heterocycles. The van der Waals surface area contributed by atoms with Crippen molar-refractivity contribution < 1.29 is 28.6 Å². The van der Waals surface area contributed by atoms with Gasteiger partial charge in [0.05, 0.1) is 23.4 Å². The molecule has 0 radical (unpaired) electrons. The van der Waals surface area contributed by atoms with E-state index >= 15 is 0 Å². The first-order valence-corrected chi connectivity index (χ1v) is 9.54. The van der Waals surface area contributed by atoms with E-state index in [2.05, 4.69) is 10.5 Å².